The average Bonchev–Trinajstić information content (AvgIpc) is 2.53. The maximum atomic E-state index is 10.6. The van der Waals surface area contributed by atoms with E-state index in [9.17, 15) is 4.79 Å². The maximum absolute atomic E-state index is 10.6. The second kappa shape index (κ2) is 8.91. The smallest absolute Gasteiger partial charge is 0.303 e. The predicted molar refractivity (Wildman–Crippen MR) is 86.9 cm³/mol. The van der Waals surface area contributed by atoms with Gasteiger partial charge in [-0.3, -0.25) is 9.69 Å². The van der Waals surface area contributed by atoms with Crippen LogP contribution >= 0.6 is 0 Å². The Balaban J connectivity index is 2.00. The van der Waals surface area contributed by atoms with Crippen LogP contribution in [0, 0.1) is 0 Å². The average molecular weight is 305 g/mol. The van der Waals surface area contributed by atoms with Gasteiger partial charge in [0.25, 0.3) is 0 Å². The first-order chi connectivity index (χ1) is 10.7. The molecule has 22 heavy (non-hydrogen) atoms. The number of benzene rings is 1. The number of carboxylic acid groups (broad SMARTS) is 1. The van der Waals surface area contributed by atoms with Gasteiger partial charge in [0.1, 0.15) is 0 Å². The lowest BCUT2D eigenvalue weighted by Gasteiger charge is -2.36. The molecule has 4 nitrogen and oxygen atoms in total. The SMILES string of the molecule is O=C(O)CCCCN(CCCO)C1CCCc2ccccc21. The van der Waals surface area contributed by atoms with Gasteiger partial charge in [-0.15, -0.1) is 0 Å². The van der Waals surface area contributed by atoms with E-state index in [1.54, 1.807) is 0 Å². The second-order valence-corrected chi connectivity index (χ2v) is 6.07. The third-order valence-electron chi connectivity index (χ3n) is 4.47. The molecule has 1 aromatic carbocycles. The molecule has 2 N–H and O–H groups in total. The van der Waals surface area contributed by atoms with E-state index >= 15 is 0 Å². The number of hydrogen-bond acceptors (Lipinski definition) is 3. The fourth-order valence-corrected chi connectivity index (χ4v) is 3.40. The summed E-state index contributed by atoms with van der Waals surface area (Å²) in [7, 11) is 0. The van der Waals surface area contributed by atoms with Gasteiger partial charge in [-0.1, -0.05) is 24.3 Å². The topological polar surface area (TPSA) is 60.8 Å². The summed E-state index contributed by atoms with van der Waals surface area (Å²) >= 11 is 0. The summed E-state index contributed by atoms with van der Waals surface area (Å²) in [4.78, 5) is 13.1. The van der Waals surface area contributed by atoms with Crippen molar-refractivity contribution in [3.05, 3.63) is 35.4 Å². The van der Waals surface area contributed by atoms with Crippen LogP contribution in [-0.4, -0.2) is 40.8 Å². The molecule has 0 radical (unpaired) electrons. The Labute approximate surface area is 132 Å². The van der Waals surface area contributed by atoms with Crippen LogP contribution in [0.15, 0.2) is 24.3 Å². The van der Waals surface area contributed by atoms with E-state index in [1.807, 2.05) is 0 Å². The number of unbranched alkanes of at least 4 members (excludes halogenated alkanes) is 1. The number of hydrogen-bond donors (Lipinski definition) is 2. The molecular formula is C18H27NO3. The van der Waals surface area contributed by atoms with Crippen LogP contribution < -0.4 is 0 Å². The summed E-state index contributed by atoms with van der Waals surface area (Å²) in [5.74, 6) is -0.718. The highest BCUT2D eigenvalue weighted by Crippen LogP contribution is 2.34. The van der Waals surface area contributed by atoms with Crippen molar-refractivity contribution in [2.75, 3.05) is 19.7 Å². The lowest BCUT2D eigenvalue weighted by Crippen LogP contribution is -2.33. The van der Waals surface area contributed by atoms with Gasteiger partial charge in [0, 0.05) is 25.6 Å². The Hall–Kier alpha value is -1.39. The van der Waals surface area contributed by atoms with Crippen LogP contribution in [0.3, 0.4) is 0 Å². The molecule has 1 aliphatic rings. The van der Waals surface area contributed by atoms with Crippen LogP contribution in [0.4, 0.5) is 0 Å². The standard InChI is InChI=1S/C18H27NO3/c20-14-6-13-19(12-4-3-11-18(21)22)17-10-5-8-15-7-1-2-9-16(15)17/h1-2,7,9,17,20H,3-6,8,10-14H2,(H,21,22). The number of fused-ring (bicyclic) bond motifs is 1. The summed E-state index contributed by atoms with van der Waals surface area (Å²) in [5, 5.41) is 17.9. The number of nitrogens with zero attached hydrogens (tertiary/aromatic N) is 1. The van der Waals surface area contributed by atoms with Gasteiger partial charge in [-0.25, -0.2) is 0 Å². The molecule has 2 rings (SSSR count). The van der Waals surface area contributed by atoms with E-state index in [0.29, 0.717) is 6.04 Å². The molecule has 0 spiro atoms. The summed E-state index contributed by atoms with van der Waals surface area (Å²) < 4.78 is 0. The minimum Gasteiger partial charge on any atom is -0.481 e. The van der Waals surface area contributed by atoms with Crippen LogP contribution in [0.25, 0.3) is 0 Å². The molecule has 4 heteroatoms. The van der Waals surface area contributed by atoms with Crippen LogP contribution in [0.2, 0.25) is 0 Å². The summed E-state index contributed by atoms with van der Waals surface area (Å²) in [6.45, 7) is 1.99. The van der Waals surface area contributed by atoms with Crippen molar-refractivity contribution in [1.82, 2.24) is 4.90 Å². The van der Waals surface area contributed by atoms with E-state index < -0.39 is 5.97 Å². The van der Waals surface area contributed by atoms with Crippen LogP contribution in [0.1, 0.15) is 55.7 Å². The highest BCUT2D eigenvalue weighted by Gasteiger charge is 2.25. The van der Waals surface area contributed by atoms with Crippen molar-refractivity contribution in [2.24, 2.45) is 0 Å². The monoisotopic (exact) mass is 305 g/mol. The zero-order valence-electron chi connectivity index (χ0n) is 13.2. The zero-order chi connectivity index (χ0) is 15.8. The number of aryl methyl sites for hydroxylation is 1. The Morgan fingerprint density at radius 3 is 2.73 bits per heavy atom. The van der Waals surface area contributed by atoms with Crippen molar-refractivity contribution in [1.29, 1.82) is 0 Å². The van der Waals surface area contributed by atoms with E-state index in [-0.39, 0.29) is 13.0 Å². The molecule has 1 aromatic rings. The van der Waals surface area contributed by atoms with Crippen molar-refractivity contribution in [3.63, 3.8) is 0 Å². The highest BCUT2D eigenvalue weighted by molar-refractivity contribution is 5.66. The van der Waals surface area contributed by atoms with Crippen molar-refractivity contribution in [3.8, 4) is 0 Å². The third kappa shape index (κ3) is 4.82. The Morgan fingerprint density at radius 2 is 1.95 bits per heavy atom. The molecule has 1 unspecified atom stereocenters. The van der Waals surface area contributed by atoms with Gasteiger partial charge >= 0.3 is 5.97 Å². The molecule has 0 aliphatic heterocycles. The van der Waals surface area contributed by atoms with E-state index in [4.69, 9.17) is 10.2 Å². The lowest BCUT2D eigenvalue weighted by atomic mass is 9.86. The predicted octanol–water partition coefficient (Wildman–Crippen LogP) is 3.00. The molecule has 0 amide bonds. The fraction of sp³-hybridized carbons (Fsp3) is 0.611. The Kier molecular flexibility index (Phi) is 6.87. The minimum atomic E-state index is -0.718. The lowest BCUT2D eigenvalue weighted by molar-refractivity contribution is -0.137. The second-order valence-electron chi connectivity index (χ2n) is 6.07. The normalized spacial score (nSPS) is 17.5. The van der Waals surface area contributed by atoms with Gasteiger partial charge in [0.05, 0.1) is 0 Å². The maximum Gasteiger partial charge on any atom is 0.303 e. The molecule has 1 aliphatic carbocycles. The summed E-state index contributed by atoms with van der Waals surface area (Å²) in [6.07, 6.45) is 6.15. The first-order valence-corrected chi connectivity index (χ1v) is 8.37. The van der Waals surface area contributed by atoms with Gasteiger partial charge in [-0.2, -0.15) is 0 Å². The molecule has 122 valence electrons. The first kappa shape index (κ1) is 17.0. The van der Waals surface area contributed by atoms with E-state index in [0.717, 1.165) is 45.2 Å². The molecule has 1 atom stereocenters. The quantitative estimate of drug-likeness (QED) is 0.689. The largest absolute Gasteiger partial charge is 0.481 e. The van der Waals surface area contributed by atoms with Gasteiger partial charge < -0.3 is 10.2 Å². The third-order valence-corrected chi connectivity index (χ3v) is 4.47. The van der Waals surface area contributed by atoms with E-state index in [2.05, 4.69) is 29.2 Å². The van der Waals surface area contributed by atoms with Crippen molar-refractivity contribution >= 4 is 5.97 Å². The number of rotatable bonds is 9. The van der Waals surface area contributed by atoms with Gasteiger partial charge in [-0.05, 0) is 56.2 Å². The number of carbonyl (C=O) groups is 1. The van der Waals surface area contributed by atoms with Crippen molar-refractivity contribution in [2.45, 2.75) is 51.0 Å². The molecule has 0 heterocycles. The highest BCUT2D eigenvalue weighted by atomic mass is 16.4. The molecule has 0 fully saturated rings. The molecule has 0 bridgehead atoms. The number of aliphatic hydroxyl groups excluding tert-OH is 1. The number of aliphatic carboxylic acids is 1. The Morgan fingerprint density at radius 1 is 1.18 bits per heavy atom. The van der Waals surface area contributed by atoms with Gasteiger partial charge in [0.2, 0.25) is 0 Å². The van der Waals surface area contributed by atoms with E-state index in [1.165, 1.54) is 17.5 Å². The first-order valence-electron chi connectivity index (χ1n) is 8.37. The van der Waals surface area contributed by atoms with Crippen molar-refractivity contribution < 1.29 is 15.0 Å². The molecule has 0 saturated carbocycles. The molecule has 0 aromatic heterocycles. The fourth-order valence-electron chi connectivity index (χ4n) is 3.40. The molecule has 0 saturated heterocycles. The van der Waals surface area contributed by atoms with Crippen LogP contribution in [-0.2, 0) is 11.2 Å². The number of aliphatic hydroxyl groups is 1. The van der Waals surface area contributed by atoms with Crippen LogP contribution in [0.5, 0.6) is 0 Å². The summed E-state index contributed by atoms with van der Waals surface area (Å²) in [5.41, 5.74) is 2.86. The van der Waals surface area contributed by atoms with Gasteiger partial charge in [0.15, 0.2) is 0 Å². The zero-order valence-corrected chi connectivity index (χ0v) is 13.2. The molecular weight excluding hydrogens is 278 g/mol. The number of carboxylic acids is 1. The Bertz CT molecular complexity index is 475. The summed E-state index contributed by atoms with van der Waals surface area (Å²) in [6, 6.07) is 9.07. The minimum absolute atomic E-state index is 0.208.